The molecule has 1 unspecified atom stereocenters. The third kappa shape index (κ3) is 5.51. The molecule has 0 heterocycles. The number of rotatable bonds is 6. The summed E-state index contributed by atoms with van der Waals surface area (Å²) in [7, 11) is -3.07. The van der Waals surface area contributed by atoms with Crippen molar-refractivity contribution in [2.45, 2.75) is 39.4 Å². The SMILES string of the molecule is CCN(CCS(=O)(=O)C(C)(C)C)CC(C)C#N. The topological polar surface area (TPSA) is 61.2 Å². The summed E-state index contributed by atoms with van der Waals surface area (Å²) < 4.78 is 23.2. The Morgan fingerprint density at radius 1 is 1.35 bits per heavy atom. The molecule has 0 fully saturated rings. The highest BCUT2D eigenvalue weighted by Gasteiger charge is 2.28. The highest BCUT2D eigenvalue weighted by molar-refractivity contribution is 7.92. The van der Waals surface area contributed by atoms with Gasteiger partial charge in [0, 0.05) is 13.1 Å². The minimum absolute atomic E-state index is 0.0627. The fourth-order valence-corrected chi connectivity index (χ4v) is 2.47. The minimum Gasteiger partial charge on any atom is -0.301 e. The Kier molecular flexibility index (Phi) is 6.14. The van der Waals surface area contributed by atoms with Gasteiger partial charge in [-0.05, 0) is 34.2 Å². The van der Waals surface area contributed by atoms with Crippen LogP contribution in [0.25, 0.3) is 0 Å². The van der Waals surface area contributed by atoms with Gasteiger partial charge in [-0.3, -0.25) is 0 Å². The van der Waals surface area contributed by atoms with E-state index in [4.69, 9.17) is 5.26 Å². The van der Waals surface area contributed by atoms with Gasteiger partial charge in [0.25, 0.3) is 0 Å². The summed E-state index contributed by atoms with van der Waals surface area (Å²) in [6, 6.07) is 2.17. The average molecular weight is 260 g/mol. The molecule has 0 aliphatic heterocycles. The van der Waals surface area contributed by atoms with Crippen molar-refractivity contribution >= 4 is 9.84 Å². The fourth-order valence-electron chi connectivity index (χ4n) is 1.36. The quantitative estimate of drug-likeness (QED) is 0.729. The van der Waals surface area contributed by atoms with Crippen molar-refractivity contribution < 1.29 is 8.42 Å². The van der Waals surface area contributed by atoms with Crippen LogP contribution in [0, 0.1) is 17.2 Å². The van der Waals surface area contributed by atoms with Crippen LogP contribution in [-0.2, 0) is 9.84 Å². The Morgan fingerprint density at radius 3 is 2.24 bits per heavy atom. The zero-order valence-corrected chi connectivity index (χ0v) is 12.3. The second kappa shape index (κ2) is 6.36. The van der Waals surface area contributed by atoms with Gasteiger partial charge < -0.3 is 4.90 Å². The Hall–Kier alpha value is -0.600. The second-order valence-electron chi connectivity index (χ2n) is 5.35. The lowest BCUT2D eigenvalue weighted by Gasteiger charge is -2.24. The normalized spacial score (nSPS) is 14.6. The Balaban J connectivity index is 4.41. The minimum atomic E-state index is -3.07. The lowest BCUT2D eigenvalue weighted by Crippen LogP contribution is -2.38. The molecule has 100 valence electrons. The molecule has 0 amide bonds. The molecule has 17 heavy (non-hydrogen) atoms. The molecule has 0 N–H and O–H groups in total. The predicted molar refractivity (Wildman–Crippen MR) is 70.4 cm³/mol. The molecule has 5 heteroatoms. The first kappa shape index (κ1) is 16.4. The molecule has 0 bridgehead atoms. The molecule has 0 aromatic carbocycles. The van der Waals surface area contributed by atoms with Crippen LogP contribution in [-0.4, -0.2) is 43.5 Å². The number of nitrogens with zero attached hydrogens (tertiary/aromatic N) is 2. The number of sulfone groups is 1. The standard InChI is InChI=1S/C12H24N2O2S/c1-6-14(10-11(2)9-13)7-8-17(15,16)12(3,4)5/h11H,6-8,10H2,1-5H3. The number of hydrogen-bond donors (Lipinski definition) is 0. The summed E-state index contributed by atoms with van der Waals surface area (Å²) in [5.74, 6) is 0.0926. The van der Waals surface area contributed by atoms with Crippen LogP contribution in [0.1, 0.15) is 34.6 Å². The van der Waals surface area contributed by atoms with Gasteiger partial charge >= 0.3 is 0 Å². The van der Waals surface area contributed by atoms with Gasteiger partial charge in [-0.2, -0.15) is 5.26 Å². The second-order valence-corrected chi connectivity index (χ2v) is 8.22. The lowest BCUT2D eigenvalue weighted by atomic mass is 10.2. The van der Waals surface area contributed by atoms with E-state index < -0.39 is 14.6 Å². The molecule has 0 aromatic heterocycles. The first-order valence-electron chi connectivity index (χ1n) is 5.98. The first-order valence-corrected chi connectivity index (χ1v) is 7.63. The Morgan fingerprint density at radius 2 is 1.88 bits per heavy atom. The van der Waals surface area contributed by atoms with Gasteiger partial charge in [0.05, 0.1) is 22.5 Å². The predicted octanol–water partition coefficient (Wildman–Crippen LogP) is 1.68. The van der Waals surface area contributed by atoms with Crippen LogP contribution in [0.2, 0.25) is 0 Å². The van der Waals surface area contributed by atoms with Crippen molar-refractivity contribution in [3.63, 3.8) is 0 Å². The van der Waals surface area contributed by atoms with E-state index in [1.165, 1.54) is 0 Å². The van der Waals surface area contributed by atoms with Crippen LogP contribution in [0.3, 0.4) is 0 Å². The highest BCUT2D eigenvalue weighted by atomic mass is 32.2. The molecular weight excluding hydrogens is 236 g/mol. The summed E-state index contributed by atoms with van der Waals surface area (Å²) in [6.07, 6.45) is 0. The van der Waals surface area contributed by atoms with E-state index >= 15 is 0 Å². The van der Waals surface area contributed by atoms with E-state index in [-0.39, 0.29) is 11.7 Å². The number of nitriles is 1. The van der Waals surface area contributed by atoms with Gasteiger partial charge in [0.15, 0.2) is 9.84 Å². The molecule has 0 saturated carbocycles. The summed E-state index contributed by atoms with van der Waals surface area (Å²) >= 11 is 0. The van der Waals surface area contributed by atoms with Crippen LogP contribution in [0.15, 0.2) is 0 Å². The fraction of sp³-hybridized carbons (Fsp3) is 0.917. The molecule has 0 aliphatic carbocycles. The van der Waals surface area contributed by atoms with Crippen molar-refractivity contribution in [3.8, 4) is 6.07 Å². The van der Waals surface area contributed by atoms with Crippen LogP contribution in [0.5, 0.6) is 0 Å². The van der Waals surface area contributed by atoms with Gasteiger partial charge in [-0.1, -0.05) is 6.92 Å². The molecule has 0 radical (unpaired) electrons. The highest BCUT2D eigenvalue weighted by Crippen LogP contribution is 2.16. The van der Waals surface area contributed by atoms with Crippen LogP contribution >= 0.6 is 0 Å². The Bertz CT molecular complexity index is 363. The van der Waals surface area contributed by atoms with Crippen molar-refractivity contribution in [2.75, 3.05) is 25.4 Å². The molecule has 0 spiro atoms. The van der Waals surface area contributed by atoms with E-state index in [1.54, 1.807) is 20.8 Å². The van der Waals surface area contributed by atoms with E-state index in [1.807, 2.05) is 18.7 Å². The molecular formula is C12H24N2O2S. The Labute approximate surface area is 106 Å². The largest absolute Gasteiger partial charge is 0.301 e. The molecule has 1 atom stereocenters. The molecule has 0 aromatic rings. The maximum absolute atomic E-state index is 11.9. The van der Waals surface area contributed by atoms with Gasteiger partial charge in [-0.25, -0.2) is 8.42 Å². The number of hydrogen-bond acceptors (Lipinski definition) is 4. The van der Waals surface area contributed by atoms with Crippen molar-refractivity contribution in [3.05, 3.63) is 0 Å². The monoisotopic (exact) mass is 260 g/mol. The van der Waals surface area contributed by atoms with Gasteiger partial charge in [0.1, 0.15) is 0 Å². The third-order valence-electron chi connectivity index (χ3n) is 2.81. The van der Waals surface area contributed by atoms with Gasteiger partial charge in [0.2, 0.25) is 0 Å². The molecule has 0 aliphatic rings. The van der Waals surface area contributed by atoms with Gasteiger partial charge in [-0.15, -0.1) is 0 Å². The zero-order valence-electron chi connectivity index (χ0n) is 11.5. The van der Waals surface area contributed by atoms with E-state index in [0.717, 1.165) is 6.54 Å². The van der Waals surface area contributed by atoms with Crippen molar-refractivity contribution in [1.29, 1.82) is 5.26 Å². The van der Waals surface area contributed by atoms with Crippen molar-refractivity contribution in [1.82, 2.24) is 4.90 Å². The van der Waals surface area contributed by atoms with E-state index in [0.29, 0.717) is 13.1 Å². The smallest absolute Gasteiger partial charge is 0.156 e. The summed E-state index contributed by atoms with van der Waals surface area (Å²) in [6.45, 7) is 10.9. The van der Waals surface area contributed by atoms with E-state index in [9.17, 15) is 8.42 Å². The van der Waals surface area contributed by atoms with Crippen LogP contribution in [0.4, 0.5) is 0 Å². The third-order valence-corrected chi connectivity index (χ3v) is 5.39. The molecule has 4 nitrogen and oxygen atoms in total. The average Bonchev–Trinajstić information content (AvgIpc) is 2.22. The molecule has 0 saturated heterocycles. The lowest BCUT2D eigenvalue weighted by molar-refractivity contribution is 0.283. The maximum Gasteiger partial charge on any atom is 0.156 e. The summed E-state index contributed by atoms with van der Waals surface area (Å²) in [5, 5.41) is 8.74. The van der Waals surface area contributed by atoms with Crippen LogP contribution < -0.4 is 0 Å². The van der Waals surface area contributed by atoms with E-state index in [2.05, 4.69) is 6.07 Å². The summed E-state index contributed by atoms with van der Waals surface area (Å²) in [4.78, 5) is 2.01. The zero-order chi connectivity index (χ0) is 13.7. The molecule has 0 rings (SSSR count). The maximum atomic E-state index is 11.9. The van der Waals surface area contributed by atoms with Crippen molar-refractivity contribution in [2.24, 2.45) is 5.92 Å². The first-order chi connectivity index (χ1) is 7.64. The summed E-state index contributed by atoms with van der Waals surface area (Å²) in [5.41, 5.74) is 0.